The lowest BCUT2D eigenvalue weighted by Gasteiger charge is -2.30. The van der Waals surface area contributed by atoms with Gasteiger partial charge in [-0.2, -0.15) is 0 Å². The first-order chi connectivity index (χ1) is 8.58. The van der Waals surface area contributed by atoms with Crippen LogP contribution in [0.1, 0.15) is 12.5 Å². The molecule has 0 spiro atoms. The van der Waals surface area contributed by atoms with Gasteiger partial charge in [-0.1, -0.05) is 17.7 Å². The quantitative estimate of drug-likeness (QED) is 0.832. The molecule has 0 amide bonds. The van der Waals surface area contributed by atoms with E-state index in [1.165, 1.54) is 5.56 Å². The zero-order chi connectivity index (χ0) is 13.1. The Kier molecular flexibility index (Phi) is 3.87. The van der Waals surface area contributed by atoms with Gasteiger partial charge < -0.3 is 15.3 Å². The molecule has 4 heteroatoms. The van der Waals surface area contributed by atoms with Gasteiger partial charge in [0.15, 0.2) is 0 Å². The summed E-state index contributed by atoms with van der Waals surface area (Å²) in [6.07, 6.45) is 0. The third kappa shape index (κ3) is 2.82. The maximum absolute atomic E-state index is 11.2. The number of hydrogen-bond acceptors (Lipinski definition) is 3. The van der Waals surface area contributed by atoms with Crippen LogP contribution in [0.5, 0.6) is 0 Å². The molecule has 2 unspecified atom stereocenters. The van der Waals surface area contributed by atoms with E-state index in [0.717, 1.165) is 12.2 Å². The first kappa shape index (κ1) is 12.9. The number of hydrogen-bond donors (Lipinski definition) is 2. The van der Waals surface area contributed by atoms with E-state index in [9.17, 15) is 9.90 Å². The number of aryl methyl sites for hydroxylation is 1. The largest absolute Gasteiger partial charge is 0.481 e. The summed E-state index contributed by atoms with van der Waals surface area (Å²) in [6, 6.07) is 8.57. The molecule has 1 aliphatic rings. The Morgan fingerprint density at radius 2 is 2.00 bits per heavy atom. The second kappa shape index (κ2) is 5.40. The van der Waals surface area contributed by atoms with Crippen LogP contribution in [-0.2, 0) is 4.79 Å². The molecular weight excluding hydrogens is 228 g/mol. The second-order valence-corrected chi connectivity index (χ2v) is 5.03. The van der Waals surface area contributed by atoms with Crippen LogP contribution in [0.15, 0.2) is 24.3 Å². The SMILES string of the molecule is Cc1ccc(N2CC(C(=O)O)CNCC2C)cc1. The van der Waals surface area contributed by atoms with Crippen LogP contribution in [0, 0.1) is 12.8 Å². The molecule has 98 valence electrons. The summed E-state index contributed by atoms with van der Waals surface area (Å²) in [6.45, 7) is 6.10. The van der Waals surface area contributed by atoms with Crippen molar-refractivity contribution in [1.82, 2.24) is 5.32 Å². The van der Waals surface area contributed by atoms with Gasteiger partial charge in [-0.3, -0.25) is 4.79 Å². The maximum atomic E-state index is 11.2. The summed E-state index contributed by atoms with van der Waals surface area (Å²) in [5.74, 6) is -1.08. The number of nitrogens with one attached hydrogen (secondary N) is 1. The van der Waals surface area contributed by atoms with Crippen LogP contribution in [0.2, 0.25) is 0 Å². The molecule has 0 radical (unpaired) electrons. The van der Waals surface area contributed by atoms with Crippen LogP contribution >= 0.6 is 0 Å². The topological polar surface area (TPSA) is 52.6 Å². The summed E-state index contributed by atoms with van der Waals surface area (Å²) in [7, 11) is 0. The highest BCUT2D eigenvalue weighted by atomic mass is 16.4. The van der Waals surface area contributed by atoms with Gasteiger partial charge in [0.25, 0.3) is 0 Å². The zero-order valence-electron chi connectivity index (χ0n) is 10.9. The highest BCUT2D eigenvalue weighted by Crippen LogP contribution is 2.21. The number of aliphatic carboxylic acids is 1. The Bertz CT molecular complexity index is 416. The maximum Gasteiger partial charge on any atom is 0.309 e. The summed E-state index contributed by atoms with van der Waals surface area (Å²) in [4.78, 5) is 13.4. The lowest BCUT2D eigenvalue weighted by atomic mass is 10.1. The minimum Gasteiger partial charge on any atom is -0.481 e. The molecule has 1 saturated heterocycles. The molecule has 1 aromatic rings. The van der Waals surface area contributed by atoms with Crippen LogP contribution in [0.4, 0.5) is 5.69 Å². The standard InChI is InChI=1S/C14H20N2O2/c1-10-3-5-13(6-4-10)16-9-12(14(17)18)8-15-7-11(16)2/h3-6,11-12,15H,7-9H2,1-2H3,(H,17,18). The Hall–Kier alpha value is -1.55. The third-order valence-corrected chi connectivity index (χ3v) is 3.49. The van der Waals surface area contributed by atoms with Gasteiger partial charge in [0.2, 0.25) is 0 Å². The average Bonchev–Trinajstić information content (AvgIpc) is 2.52. The molecule has 18 heavy (non-hydrogen) atoms. The Morgan fingerprint density at radius 1 is 1.33 bits per heavy atom. The van der Waals surface area contributed by atoms with Crippen molar-refractivity contribution in [3.05, 3.63) is 29.8 Å². The summed E-state index contributed by atoms with van der Waals surface area (Å²) in [5.41, 5.74) is 2.32. The first-order valence-electron chi connectivity index (χ1n) is 6.35. The van der Waals surface area contributed by atoms with Crippen molar-refractivity contribution < 1.29 is 9.90 Å². The third-order valence-electron chi connectivity index (χ3n) is 3.49. The van der Waals surface area contributed by atoms with Gasteiger partial charge in [-0.25, -0.2) is 0 Å². The number of rotatable bonds is 2. The minimum absolute atomic E-state index is 0.303. The van der Waals surface area contributed by atoms with Gasteiger partial charge >= 0.3 is 5.97 Å². The number of carbonyl (C=O) groups is 1. The van der Waals surface area contributed by atoms with Gasteiger partial charge in [0, 0.05) is 31.4 Å². The van der Waals surface area contributed by atoms with E-state index in [-0.39, 0.29) is 5.92 Å². The van der Waals surface area contributed by atoms with Crippen molar-refractivity contribution in [3.63, 3.8) is 0 Å². The molecule has 1 fully saturated rings. The van der Waals surface area contributed by atoms with E-state index < -0.39 is 5.97 Å². The number of carboxylic acid groups (broad SMARTS) is 1. The van der Waals surface area contributed by atoms with E-state index in [1.54, 1.807) is 0 Å². The van der Waals surface area contributed by atoms with Gasteiger partial charge in [-0.15, -0.1) is 0 Å². The molecule has 2 N–H and O–H groups in total. The molecule has 2 atom stereocenters. The molecule has 4 nitrogen and oxygen atoms in total. The number of anilines is 1. The predicted molar refractivity (Wildman–Crippen MR) is 72.0 cm³/mol. The molecular formula is C14H20N2O2. The summed E-state index contributed by atoms with van der Waals surface area (Å²) >= 11 is 0. The fourth-order valence-electron chi connectivity index (χ4n) is 2.32. The second-order valence-electron chi connectivity index (χ2n) is 5.03. The van der Waals surface area contributed by atoms with Crippen molar-refractivity contribution >= 4 is 11.7 Å². The summed E-state index contributed by atoms with van der Waals surface area (Å²) in [5, 5.41) is 12.4. The van der Waals surface area contributed by atoms with Crippen molar-refractivity contribution in [3.8, 4) is 0 Å². The Balaban J connectivity index is 2.22. The van der Waals surface area contributed by atoms with Crippen molar-refractivity contribution in [1.29, 1.82) is 0 Å². The molecule has 0 aromatic heterocycles. The number of carboxylic acids is 1. The number of nitrogens with zero attached hydrogens (tertiary/aromatic N) is 1. The molecule has 0 aliphatic carbocycles. The molecule has 0 saturated carbocycles. The van der Waals surface area contributed by atoms with Crippen LogP contribution in [0.3, 0.4) is 0 Å². The Morgan fingerprint density at radius 3 is 2.61 bits per heavy atom. The molecule has 1 heterocycles. The fourth-order valence-corrected chi connectivity index (χ4v) is 2.32. The van der Waals surface area contributed by atoms with Gasteiger partial charge in [0.05, 0.1) is 5.92 Å². The normalized spacial score (nSPS) is 24.7. The predicted octanol–water partition coefficient (Wildman–Crippen LogP) is 1.49. The van der Waals surface area contributed by atoms with E-state index in [2.05, 4.69) is 48.3 Å². The smallest absolute Gasteiger partial charge is 0.309 e. The Labute approximate surface area is 108 Å². The molecule has 1 aliphatic heterocycles. The minimum atomic E-state index is -0.728. The molecule has 0 bridgehead atoms. The zero-order valence-corrected chi connectivity index (χ0v) is 10.9. The van der Waals surface area contributed by atoms with Crippen LogP contribution in [-0.4, -0.2) is 36.8 Å². The van der Waals surface area contributed by atoms with E-state index in [1.807, 2.05) is 0 Å². The van der Waals surface area contributed by atoms with E-state index >= 15 is 0 Å². The lowest BCUT2D eigenvalue weighted by molar-refractivity contribution is -0.141. The first-order valence-corrected chi connectivity index (χ1v) is 6.35. The lowest BCUT2D eigenvalue weighted by Crippen LogP contribution is -2.39. The van der Waals surface area contributed by atoms with E-state index in [4.69, 9.17) is 0 Å². The van der Waals surface area contributed by atoms with Crippen molar-refractivity contribution in [2.45, 2.75) is 19.9 Å². The summed E-state index contributed by atoms with van der Waals surface area (Å²) < 4.78 is 0. The van der Waals surface area contributed by atoms with Crippen LogP contribution in [0.25, 0.3) is 0 Å². The van der Waals surface area contributed by atoms with Gasteiger partial charge in [0.1, 0.15) is 0 Å². The van der Waals surface area contributed by atoms with Crippen molar-refractivity contribution in [2.75, 3.05) is 24.5 Å². The molecule has 2 rings (SSSR count). The average molecular weight is 248 g/mol. The highest BCUT2D eigenvalue weighted by Gasteiger charge is 2.27. The molecule has 1 aromatic carbocycles. The van der Waals surface area contributed by atoms with E-state index in [0.29, 0.717) is 19.1 Å². The van der Waals surface area contributed by atoms with Crippen molar-refractivity contribution in [2.24, 2.45) is 5.92 Å². The monoisotopic (exact) mass is 248 g/mol. The fraction of sp³-hybridized carbons (Fsp3) is 0.500. The van der Waals surface area contributed by atoms with Crippen LogP contribution < -0.4 is 10.2 Å². The van der Waals surface area contributed by atoms with Gasteiger partial charge in [-0.05, 0) is 26.0 Å². The number of benzene rings is 1. The highest BCUT2D eigenvalue weighted by molar-refractivity contribution is 5.71.